The number of halogens is 2. The maximum absolute atomic E-state index is 9.36. The van der Waals surface area contributed by atoms with E-state index in [1.54, 1.807) is 18.2 Å². The highest BCUT2D eigenvalue weighted by Gasteiger charge is 2.01. The second kappa shape index (κ2) is 7.36. The molecule has 0 atom stereocenters. The van der Waals surface area contributed by atoms with Gasteiger partial charge in [-0.25, -0.2) is 0 Å². The Morgan fingerprint density at radius 2 is 1.81 bits per heavy atom. The Balaban J connectivity index is 1.99. The fraction of sp³-hybridized carbons (Fsp3) is 0.125. The van der Waals surface area contributed by atoms with Crippen LogP contribution in [0.25, 0.3) is 6.08 Å². The molecule has 0 bridgehead atoms. The number of aliphatic hydroxyl groups is 1. The van der Waals surface area contributed by atoms with Crippen LogP contribution in [0.15, 0.2) is 48.2 Å². The summed E-state index contributed by atoms with van der Waals surface area (Å²) in [4.78, 5) is 0. The van der Waals surface area contributed by atoms with Crippen LogP contribution in [-0.4, -0.2) is 11.7 Å². The molecule has 5 heteroatoms. The third-order valence-electron chi connectivity index (χ3n) is 2.81. The lowest BCUT2D eigenvalue weighted by molar-refractivity contribution is 0.306. The van der Waals surface area contributed by atoms with E-state index in [0.29, 0.717) is 16.7 Å². The molecule has 0 spiro atoms. The molecule has 3 nitrogen and oxygen atoms in total. The third-order valence-corrected chi connectivity index (χ3v) is 3.55. The first-order valence-corrected chi connectivity index (χ1v) is 7.10. The minimum Gasteiger partial charge on any atom is -0.511 e. The Bertz CT molecular complexity index is 639. The zero-order valence-corrected chi connectivity index (χ0v) is 12.7. The van der Waals surface area contributed by atoms with Gasteiger partial charge in [0.1, 0.15) is 18.1 Å². The van der Waals surface area contributed by atoms with Crippen LogP contribution in [0.2, 0.25) is 10.0 Å². The average molecular weight is 324 g/mol. The first kappa shape index (κ1) is 15.7. The summed E-state index contributed by atoms with van der Waals surface area (Å²) in [6, 6.07) is 12.7. The van der Waals surface area contributed by atoms with Crippen LogP contribution >= 0.6 is 23.2 Å². The van der Waals surface area contributed by atoms with Gasteiger partial charge < -0.3 is 15.6 Å². The molecule has 0 aliphatic rings. The summed E-state index contributed by atoms with van der Waals surface area (Å²) in [5, 5.41) is 10.4. The van der Waals surface area contributed by atoms with Crippen molar-refractivity contribution in [2.24, 2.45) is 5.73 Å². The van der Waals surface area contributed by atoms with Crippen molar-refractivity contribution in [3.63, 3.8) is 0 Å². The summed E-state index contributed by atoms with van der Waals surface area (Å²) in [5.41, 5.74) is 7.12. The molecule has 0 aliphatic carbocycles. The van der Waals surface area contributed by atoms with Gasteiger partial charge in [-0.15, -0.1) is 0 Å². The molecule has 21 heavy (non-hydrogen) atoms. The summed E-state index contributed by atoms with van der Waals surface area (Å²) < 4.78 is 5.66. The molecule has 0 saturated heterocycles. The fourth-order valence-corrected chi connectivity index (χ4v) is 2.03. The van der Waals surface area contributed by atoms with Crippen LogP contribution in [0.5, 0.6) is 5.75 Å². The molecule has 0 aliphatic heterocycles. The first-order valence-electron chi connectivity index (χ1n) is 6.35. The molecule has 0 radical (unpaired) electrons. The van der Waals surface area contributed by atoms with E-state index < -0.39 is 0 Å². The molecule has 0 unspecified atom stereocenters. The van der Waals surface area contributed by atoms with E-state index >= 15 is 0 Å². The normalized spacial score (nSPS) is 11.5. The predicted molar refractivity (Wildman–Crippen MR) is 86.9 cm³/mol. The molecule has 0 saturated carbocycles. The lowest BCUT2D eigenvalue weighted by atomic mass is 10.2. The molecule has 2 aromatic rings. The molecular weight excluding hydrogens is 309 g/mol. The average Bonchev–Trinajstić information content (AvgIpc) is 2.50. The molecule has 0 aromatic heterocycles. The van der Waals surface area contributed by atoms with Gasteiger partial charge in [-0.3, -0.25) is 0 Å². The number of rotatable bonds is 5. The summed E-state index contributed by atoms with van der Waals surface area (Å²) in [6.45, 7) is 0.524. The van der Waals surface area contributed by atoms with Crippen molar-refractivity contribution in [2.75, 3.05) is 6.54 Å². The lowest BCUT2D eigenvalue weighted by Gasteiger charge is -2.07. The second-order valence-corrected chi connectivity index (χ2v) is 5.26. The Morgan fingerprint density at radius 1 is 1.10 bits per heavy atom. The molecule has 2 rings (SSSR count). The van der Waals surface area contributed by atoms with Crippen LogP contribution in [0, 0.1) is 0 Å². The van der Waals surface area contributed by atoms with Crippen LogP contribution in [0.1, 0.15) is 11.1 Å². The van der Waals surface area contributed by atoms with Gasteiger partial charge in [0, 0.05) is 0 Å². The zero-order chi connectivity index (χ0) is 15.2. The zero-order valence-electron chi connectivity index (χ0n) is 11.2. The van der Waals surface area contributed by atoms with E-state index in [2.05, 4.69) is 0 Å². The smallest absolute Gasteiger partial charge is 0.119 e. The van der Waals surface area contributed by atoms with Gasteiger partial charge in [0.2, 0.25) is 0 Å². The van der Waals surface area contributed by atoms with Crippen molar-refractivity contribution in [2.45, 2.75) is 6.61 Å². The van der Waals surface area contributed by atoms with Crippen molar-refractivity contribution < 1.29 is 9.84 Å². The maximum Gasteiger partial charge on any atom is 0.119 e. The maximum atomic E-state index is 9.36. The molecule has 110 valence electrons. The topological polar surface area (TPSA) is 55.5 Å². The summed E-state index contributed by atoms with van der Waals surface area (Å²) in [6.07, 6.45) is 1.61. The van der Waals surface area contributed by atoms with E-state index in [-0.39, 0.29) is 12.3 Å². The minimum absolute atomic E-state index is 0.121. The summed E-state index contributed by atoms with van der Waals surface area (Å²) in [7, 11) is 0. The van der Waals surface area contributed by atoms with E-state index in [9.17, 15) is 5.11 Å². The van der Waals surface area contributed by atoms with Crippen LogP contribution in [-0.2, 0) is 6.61 Å². The van der Waals surface area contributed by atoms with Gasteiger partial charge in [0.15, 0.2) is 0 Å². The number of ether oxygens (including phenoxy) is 1. The number of hydrogen-bond donors (Lipinski definition) is 2. The van der Waals surface area contributed by atoms with E-state index in [0.717, 1.165) is 16.9 Å². The molecule has 0 heterocycles. The molecule has 0 fully saturated rings. The van der Waals surface area contributed by atoms with Gasteiger partial charge in [0.25, 0.3) is 0 Å². The van der Waals surface area contributed by atoms with Crippen molar-refractivity contribution in [3.8, 4) is 5.75 Å². The van der Waals surface area contributed by atoms with Gasteiger partial charge in [-0.05, 0) is 41.5 Å². The SMILES string of the molecule is NCC(O)=Cc1ccc(OCc2ccc(Cl)c(Cl)c2)cc1. The summed E-state index contributed by atoms with van der Waals surface area (Å²) in [5.74, 6) is 0.866. The van der Waals surface area contributed by atoms with Crippen LogP contribution in [0.3, 0.4) is 0 Å². The molecule has 0 amide bonds. The molecule has 2 aromatic carbocycles. The van der Waals surface area contributed by atoms with Gasteiger partial charge in [0.05, 0.1) is 16.6 Å². The number of nitrogens with two attached hydrogens (primary N) is 1. The van der Waals surface area contributed by atoms with Crippen molar-refractivity contribution >= 4 is 29.3 Å². The van der Waals surface area contributed by atoms with Crippen molar-refractivity contribution in [1.82, 2.24) is 0 Å². The van der Waals surface area contributed by atoms with Crippen molar-refractivity contribution in [1.29, 1.82) is 0 Å². The third kappa shape index (κ3) is 4.67. The molecular formula is C16H15Cl2NO2. The Morgan fingerprint density at radius 3 is 2.43 bits per heavy atom. The van der Waals surface area contributed by atoms with Gasteiger partial charge >= 0.3 is 0 Å². The monoisotopic (exact) mass is 323 g/mol. The number of hydrogen-bond acceptors (Lipinski definition) is 3. The van der Waals surface area contributed by atoms with E-state index in [1.165, 1.54) is 0 Å². The second-order valence-electron chi connectivity index (χ2n) is 4.45. The van der Waals surface area contributed by atoms with Crippen molar-refractivity contribution in [3.05, 3.63) is 69.4 Å². The van der Waals surface area contributed by atoms with Crippen LogP contribution in [0.4, 0.5) is 0 Å². The lowest BCUT2D eigenvalue weighted by Crippen LogP contribution is -2.01. The number of aliphatic hydroxyl groups excluding tert-OH is 1. The summed E-state index contributed by atoms with van der Waals surface area (Å²) >= 11 is 11.8. The fourth-order valence-electron chi connectivity index (χ4n) is 1.71. The Kier molecular flexibility index (Phi) is 5.51. The highest BCUT2D eigenvalue weighted by Crippen LogP contribution is 2.23. The highest BCUT2D eigenvalue weighted by molar-refractivity contribution is 6.42. The standard InChI is InChI=1S/C16H15Cl2NO2/c17-15-6-3-12(8-16(15)18)10-21-14-4-1-11(2-5-14)7-13(20)9-19/h1-8,20H,9-10,19H2. The Labute approximate surface area is 133 Å². The van der Waals surface area contributed by atoms with Crippen LogP contribution < -0.4 is 10.5 Å². The molecule has 3 N–H and O–H groups in total. The van der Waals surface area contributed by atoms with Gasteiger partial charge in [-0.2, -0.15) is 0 Å². The largest absolute Gasteiger partial charge is 0.511 e. The van der Waals surface area contributed by atoms with Gasteiger partial charge in [-0.1, -0.05) is 41.4 Å². The Hall–Kier alpha value is -1.68. The minimum atomic E-state index is 0.121. The van der Waals surface area contributed by atoms with E-state index in [1.807, 2.05) is 30.3 Å². The van der Waals surface area contributed by atoms with E-state index in [4.69, 9.17) is 33.7 Å². The predicted octanol–water partition coefficient (Wildman–Crippen LogP) is 4.43. The number of benzene rings is 2. The highest BCUT2D eigenvalue weighted by atomic mass is 35.5. The quantitative estimate of drug-likeness (QED) is 0.800. The first-order chi connectivity index (χ1) is 10.1.